The van der Waals surface area contributed by atoms with E-state index in [1.54, 1.807) is 12.1 Å². The summed E-state index contributed by atoms with van der Waals surface area (Å²) in [5.41, 5.74) is 0. The molecule has 0 aliphatic heterocycles. The zero-order chi connectivity index (χ0) is 16.0. The Bertz CT molecular complexity index is 567. The average molecular weight is 314 g/mol. The Balaban J connectivity index is 2.72. The first-order chi connectivity index (χ1) is 9.76. The van der Waals surface area contributed by atoms with Gasteiger partial charge in [-0.2, -0.15) is 4.72 Å². The van der Waals surface area contributed by atoms with E-state index in [1.165, 1.54) is 26.2 Å². The second-order valence-electron chi connectivity index (χ2n) is 5.16. The van der Waals surface area contributed by atoms with Crippen LogP contribution in [0.5, 0.6) is 5.75 Å². The molecule has 0 bridgehead atoms. The zero-order valence-corrected chi connectivity index (χ0v) is 13.5. The Morgan fingerprint density at radius 3 is 2.24 bits per heavy atom. The van der Waals surface area contributed by atoms with Crippen molar-refractivity contribution in [3.05, 3.63) is 24.3 Å². The van der Waals surface area contributed by atoms with Gasteiger partial charge in [0.25, 0.3) is 0 Å². The smallest absolute Gasteiger partial charge is 0.241 e. The number of benzene rings is 1. The minimum Gasteiger partial charge on any atom is -0.497 e. The Morgan fingerprint density at radius 2 is 1.76 bits per heavy atom. The lowest BCUT2D eigenvalue weighted by Crippen LogP contribution is -2.45. The van der Waals surface area contributed by atoms with E-state index in [0.29, 0.717) is 18.2 Å². The molecule has 0 radical (unpaired) electrons. The SMILES string of the molecule is COc1ccc(S(=O)(=O)N[C@@H](C)C(=O)NCC(C)C)cc1. The number of carbonyl (C=O) groups excluding carboxylic acids is 1. The lowest BCUT2D eigenvalue weighted by atomic mass is 10.2. The highest BCUT2D eigenvalue weighted by atomic mass is 32.2. The maximum absolute atomic E-state index is 12.2. The molecule has 2 N–H and O–H groups in total. The number of methoxy groups -OCH3 is 1. The van der Waals surface area contributed by atoms with Gasteiger partial charge in [0.05, 0.1) is 18.0 Å². The van der Waals surface area contributed by atoms with Gasteiger partial charge in [-0.3, -0.25) is 4.79 Å². The molecule has 0 saturated heterocycles. The van der Waals surface area contributed by atoms with E-state index >= 15 is 0 Å². The third kappa shape index (κ3) is 5.35. The first kappa shape index (κ1) is 17.5. The zero-order valence-electron chi connectivity index (χ0n) is 12.7. The molecular formula is C14H22N2O4S. The Hall–Kier alpha value is -1.60. The molecule has 21 heavy (non-hydrogen) atoms. The molecule has 1 aromatic rings. The lowest BCUT2D eigenvalue weighted by Gasteiger charge is -2.15. The van der Waals surface area contributed by atoms with E-state index in [0.717, 1.165) is 0 Å². The van der Waals surface area contributed by atoms with Crippen LogP contribution in [0.4, 0.5) is 0 Å². The van der Waals surface area contributed by atoms with Gasteiger partial charge in [0.1, 0.15) is 5.75 Å². The third-order valence-corrected chi connectivity index (χ3v) is 4.34. The van der Waals surface area contributed by atoms with Crippen molar-refractivity contribution in [3.8, 4) is 5.75 Å². The second kappa shape index (κ2) is 7.42. The quantitative estimate of drug-likeness (QED) is 0.790. The molecule has 0 fully saturated rings. The minimum absolute atomic E-state index is 0.0896. The molecule has 0 spiro atoms. The normalized spacial score (nSPS) is 13.0. The van der Waals surface area contributed by atoms with Gasteiger partial charge in [-0.05, 0) is 37.1 Å². The Kier molecular flexibility index (Phi) is 6.17. The van der Waals surface area contributed by atoms with Crippen LogP contribution in [0.15, 0.2) is 29.2 Å². The van der Waals surface area contributed by atoms with Crippen LogP contribution < -0.4 is 14.8 Å². The fourth-order valence-electron chi connectivity index (χ4n) is 1.57. The van der Waals surface area contributed by atoms with Gasteiger partial charge in [0, 0.05) is 6.54 Å². The van der Waals surface area contributed by atoms with Crippen LogP contribution in [0.3, 0.4) is 0 Å². The van der Waals surface area contributed by atoms with Gasteiger partial charge in [0.15, 0.2) is 0 Å². The number of amides is 1. The van der Waals surface area contributed by atoms with Crippen molar-refractivity contribution < 1.29 is 17.9 Å². The number of sulfonamides is 1. The lowest BCUT2D eigenvalue weighted by molar-refractivity contribution is -0.122. The summed E-state index contributed by atoms with van der Waals surface area (Å²) in [4.78, 5) is 11.9. The molecule has 1 aromatic carbocycles. The van der Waals surface area contributed by atoms with Gasteiger partial charge in [-0.25, -0.2) is 8.42 Å². The average Bonchev–Trinajstić information content (AvgIpc) is 2.44. The summed E-state index contributed by atoms with van der Waals surface area (Å²) in [6.07, 6.45) is 0. The van der Waals surface area contributed by atoms with Crippen molar-refractivity contribution in [2.45, 2.75) is 31.7 Å². The molecule has 0 saturated carbocycles. The summed E-state index contributed by atoms with van der Waals surface area (Å²) in [5, 5.41) is 2.69. The molecule has 6 nitrogen and oxygen atoms in total. The molecule has 0 aliphatic rings. The van der Waals surface area contributed by atoms with Gasteiger partial charge in [-0.15, -0.1) is 0 Å². The number of nitrogens with one attached hydrogen (secondary N) is 2. The number of ether oxygens (including phenoxy) is 1. The molecule has 0 aromatic heterocycles. The maximum Gasteiger partial charge on any atom is 0.241 e. The summed E-state index contributed by atoms with van der Waals surface area (Å²) in [5.74, 6) is 0.525. The van der Waals surface area contributed by atoms with Gasteiger partial charge in [-0.1, -0.05) is 13.8 Å². The molecule has 1 amide bonds. The molecule has 0 aliphatic carbocycles. The van der Waals surface area contributed by atoms with Crippen molar-refractivity contribution in [3.63, 3.8) is 0 Å². The number of hydrogen-bond acceptors (Lipinski definition) is 4. The van der Waals surface area contributed by atoms with Crippen LogP contribution in [-0.2, 0) is 14.8 Å². The molecule has 1 rings (SSSR count). The first-order valence-corrected chi connectivity index (χ1v) is 8.18. The number of hydrogen-bond donors (Lipinski definition) is 2. The van der Waals surface area contributed by atoms with Crippen molar-refractivity contribution in [1.29, 1.82) is 0 Å². The van der Waals surface area contributed by atoms with Crippen LogP contribution in [0, 0.1) is 5.92 Å². The van der Waals surface area contributed by atoms with Crippen LogP contribution in [0.1, 0.15) is 20.8 Å². The molecule has 118 valence electrons. The highest BCUT2D eigenvalue weighted by molar-refractivity contribution is 7.89. The highest BCUT2D eigenvalue weighted by Crippen LogP contribution is 2.15. The molecule has 1 atom stereocenters. The summed E-state index contributed by atoms with van der Waals surface area (Å²) < 4.78 is 31.6. The first-order valence-electron chi connectivity index (χ1n) is 6.70. The standard InChI is InChI=1S/C14H22N2O4S/c1-10(2)9-15-14(17)11(3)16-21(18,19)13-7-5-12(20-4)6-8-13/h5-8,10-11,16H,9H2,1-4H3,(H,15,17)/t11-/m0/s1. The van der Waals surface area contributed by atoms with Crippen molar-refractivity contribution in [1.82, 2.24) is 10.0 Å². The van der Waals surface area contributed by atoms with Crippen LogP contribution >= 0.6 is 0 Å². The molecule has 0 heterocycles. The summed E-state index contributed by atoms with van der Waals surface area (Å²) in [6, 6.07) is 5.13. The predicted octanol–water partition coefficient (Wildman–Crippen LogP) is 1.13. The largest absolute Gasteiger partial charge is 0.497 e. The van der Waals surface area contributed by atoms with E-state index in [1.807, 2.05) is 13.8 Å². The van der Waals surface area contributed by atoms with E-state index < -0.39 is 16.1 Å². The Labute approximate surface area is 125 Å². The highest BCUT2D eigenvalue weighted by Gasteiger charge is 2.21. The number of carbonyl (C=O) groups is 1. The van der Waals surface area contributed by atoms with E-state index in [2.05, 4.69) is 10.0 Å². The minimum atomic E-state index is -3.73. The van der Waals surface area contributed by atoms with Crippen LogP contribution in [-0.4, -0.2) is 34.0 Å². The van der Waals surface area contributed by atoms with E-state index in [4.69, 9.17) is 4.74 Å². The molecular weight excluding hydrogens is 292 g/mol. The second-order valence-corrected chi connectivity index (χ2v) is 6.87. The molecule has 7 heteroatoms. The van der Waals surface area contributed by atoms with E-state index in [-0.39, 0.29) is 10.8 Å². The Morgan fingerprint density at radius 1 is 1.19 bits per heavy atom. The summed E-state index contributed by atoms with van der Waals surface area (Å²) in [6.45, 7) is 5.95. The molecule has 0 unspecified atom stereocenters. The third-order valence-electron chi connectivity index (χ3n) is 2.78. The van der Waals surface area contributed by atoms with Crippen LogP contribution in [0.25, 0.3) is 0 Å². The topological polar surface area (TPSA) is 84.5 Å². The van der Waals surface area contributed by atoms with Crippen LogP contribution in [0.2, 0.25) is 0 Å². The van der Waals surface area contributed by atoms with Gasteiger partial charge >= 0.3 is 0 Å². The van der Waals surface area contributed by atoms with E-state index in [9.17, 15) is 13.2 Å². The predicted molar refractivity (Wildman–Crippen MR) is 80.6 cm³/mol. The number of rotatable bonds is 7. The maximum atomic E-state index is 12.2. The van der Waals surface area contributed by atoms with Crippen molar-refractivity contribution in [2.24, 2.45) is 5.92 Å². The summed E-state index contributed by atoms with van der Waals surface area (Å²) >= 11 is 0. The summed E-state index contributed by atoms with van der Waals surface area (Å²) in [7, 11) is -2.23. The fourth-order valence-corrected chi connectivity index (χ4v) is 2.77. The van der Waals surface area contributed by atoms with Crippen molar-refractivity contribution in [2.75, 3.05) is 13.7 Å². The van der Waals surface area contributed by atoms with Crippen molar-refractivity contribution >= 4 is 15.9 Å². The fraction of sp³-hybridized carbons (Fsp3) is 0.500. The van der Waals surface area contributed by atoms with Gasteiger partial charge in [0.2, 0.25) is 15.9 Å². The monoisotopic (exact) mass is 314 g/mol. The van der Waals surface area contributed by atoms with Gasteiger partial charge < -0.3 is 10.1 Å².